The molecule has 2 heterocycles. The minimum atomic E-state index is -0.996. The number of rotatable bonds is 5. The number of benzene rings is 2. The van der Waals surface area contributed by atoms with Crippen LogP contribution in [0.2, 0.25) is 0 Å². The van der Waals surface area contributed by atoms with Crippen molar-refractivity contribution < 1.29 is 28.6 Å². The summed E-state index contributed by atoms with van der Waals surface area (Å²) in [5.41, 5.74) is 1.04. The zero-order chi connectivity index (χ0) is 24.4. The summed E-state index contributed by atoms with van der Waals surface area (Å²) in [7, 11) is 0. The maximum atomic E-state index is 13.4. The molecule has 0 saturated carbocycles. The number of nitrogens with zero attached hydrogens (tertiary/aromatic N) is 2. The van der Waals surface area contributed by atoms with Gasteiger partial charge in [-0.3, -0.25) is 19.5 Å². The highest BCUT2D eigenvalue weighted by molar-refractivity contribution is 6.51. The van der Waals surface area contributed by atoms with E-state index in [9.17, 15) is 23.9 Å². The Morgan fingerprint density at radius 2 is 1.71 bits per heavy atom. The van der Waals surface area contributed by atoms with E-state index in [4.69, 9.17) is 4.74 Å². The van der Waals surface area contributed by atoms with Crippen molar-refractivity contribution in [2.45, 2.75) is 26.0 Å². The van der Waals surface area contributed by atoms with Crippen molar-refractivity contribution >= 4 is 29.1 Å². The first kappa shape index (κ1) is 22.8. The molecule has 1 atom stereocenters. The van der Waals surface area contributed by atoms with Crippen LogP contribution in [0.25, 0.3) is 5.76 Å². The van der Waals surface area contributed by atoms with E-state index in [1.165, 1.54) is 35.5 Å². The predicted octanol–water partition coefficient (Wildman–Crippen LogP) is 4.41. The maximum Gasteiger partial charge on any atom is 0.338 e. The smallest absolute Gasteiger partial charge is 0.338 e. The van der Waals surface area contributed by atoms with Gasteiger partial charge in [-0.2, -0.15) is 0 Å². The number of esters is 1. The zero-order valence-electron chi connectivity index (χ0n) is 18.4. The Bertz CT molecular complexity index is 1290. The minimum absolute atomic E-state index is 0.155. The number of hydrogen-bond acceptors (Lipinski definition) is 6. The number of anilines is 1. The third kappa shape index (κ3) is 4.30. The van der Waals surface area contributed by atoms with Crippen LogP contribution < -0.4 is 4.90 Å². The molecule has 1 fully saturated rings. The summed E-state index contributed by atoms with van der Waals surface area (Å²) in [5, 5.41) is 11.0. The first-order chi connectivity index (χ1) is 16.3. The molecular weight excluding hydrogens is 439 g/mol. The first-order valence-electron chi connectivity index (χ1n) is 10.6. The lowest BCUT2D eigenvalue weighted by Gasteiger charge is -2.25. The summed E-state index contributed by atoms with van der Waals surface area (Å²) in [5.74, 6) is -3.29. The molecule has 1 N–H and O–H groups in total. The van der Waals surface area contributed by atoms with E-state index in [1.54, 1.807) is 44.2 Å². The number of aliphatic hydroxyl groups excluding tert-OH is 1. The second-order valence-electron chi connectivity index (χ2n) is 7.96. The molecule has 1 unspecified atom stereocenters. The molecule has 0 radical (unpaired) electrons. The Kier molecular flexibility index (Phi) is 6.23. The van der Waals surface area contributed by atoms with Gasteiger partial charge in [0.1, 0.15) is 11.6 Å². The summed E-state index contributed by atoms with van der Waals surface area (Å²) >= 11 is 0. The Hall–Kier alpha value is -4.33. The Balaban J connectivity index is 1.87. The standard InChI is InChI=1S/C26H21FN2O5/c1-15(2)34-26(33)18-4-3-5-20(14-18)29-22(16-10-12-28-13-11-16)21(24(31)25(29)32)23(30)17-6-8-19(27)9-7-17/h3-15,22,30H,1-2H3/b23-21+. The van der Waals surface area contributed by atoms with Gasteiger partial charge >= 0.3 is 5.97 Å². The minimum Gasteiger partial charge on any atom is -0.507 e. The van der Waals surface area contributed by atoms with Gasteiger partial charge in [-0.1, -0.05) is 6.07 Å². The van der Waals surface area contributed by atoms with E-state index in [1.807, 2.05) is 0 Å². The van der Waals surface area contributed by atoms with Gasteiger partial charge in [-0.15, -0.1) is 0 Å². The highest BCUT2D eigenvalue weighted by atomic mass is 19.1. The lowest BCUT2D eigenvalue weighted by Crippen LogP contribution is -2.29. The lowest BCUT2D eigenvalue weighted by molar-refractivity contribution is -0.132. The molecule has 1 saturated heterocycles. The quantitative estimate of drug-likeness (QED) is 0.262. The predicted molar refractivity (Wildman–Crippen MR) is 122 cm³/mol. The molecule has 1 aliphatic heterocycles. The monoisotopic (exact) mass is 460 g/mol. The van der Waals surface area contributed by atoms with Gasteiger partial charge in [0, 0.05) is 23.6 Å². The molecule has 0 spiro atoms. The molecule has 0 aliphatic carbocycles. The van der Waals surface area contributed by atoms with Crippen LogP contribution in [0.5, 0.6) is 0 Å². The highest BCUT2D eigenvalue weighted by Crippen LogP contribution is 2.42. The molecule has 8 heteroatoms. The zero-order valence-corrected chi connectivity index (χ0v) is 18.4. The number of ketones is 1. The lowest BCUT2D eigenvalue weighted by atomic mass is 9.95. The molecule has 1 aliphatic rings. The van der Waals surface area contributed by atoms with Crippen molar-refractivity contribution in [3.63, 3.8) is 0 Å². The molecular formula is C26H21FN2O5. The first-order valence-corrected chi connectivity index (χ1v) is 10.6. The van der Waals surface area contributed by atoms with E-state index in [2.05, 4.69) is 4.98 Å². The Morgan fingerprint density at radius 1 is 1.03 bits per heavy atom. The Morgan fingerprint density at radius 3 is 2.35 bits per heavy atom. The van der Waals surface area contributed by atoms with Crippen LogP contribution in [-0.2, 0) is 14.3 Å². The summed E-state index contributed by atoms with van der Waals surface area (Å²) in [6.07, 6.45) is 2.67. The molecule has 172 valence electrons. The van der Waals surface area contributed by atoms with Crippen LogP contribution in [0.15, 0.2) is 78.6 Å². The van der Waals surface area contributed by atoms with Crippen molar-refractivity contribution in [1.29, 1.82) is 0 Å². The largest absolute Gasteiger partial charge is 0.507 e. The molecule has 1 aromatic heterocycles. The van der Waals surface area contributed by atoms with E-state index in [-0.39, 0.29) is 28.5 Å². The van der Waals surface area contributed by atoms with Crippen molar-refractivity contribution in [1.82, 2.24) is 4.98 Å². The average Bonchev–Trinajstić information content (AvgIpc) is 3.10. The summed E-state index contributed by atoms with van der Waals surface area (Å²) in [6, 6.07) is 13.4. The number of aromatic nitrogens is 1. The fraction of sp³-hybridized carbons (Fsp3) is 0.154. The fourth-order valence-corrected chi connectivity index (χ4v) is 3.79. The number of aliphatic hydroxyl groups is 1. The van der Waals surface area contributed by atoms with Crippen LogP contribution in [0.3, 0.4) is 0 Å². The summed E-state index contributed by atoms with van der Waals surface area (Å²) in [6.45, 7) is 3.44. The fourth-order valence-electron chi connectivity index (χ4n) is 3.79. The van der Waals surface area contributed by atoms with Crippen molar-refractivity contribution in [2.24, 2.45) is 0 Å². The number of hydrogen-bond donors (Lipinski definition) is 1. The molecule has 3 aromatic rings. The average molecular weight is 460 g/mol. The van der Waals surface area contributed by atoms with E-state index >= 15 is 0 Å². The summed E-state index contributed by atoms with van der Waals surface area (Å²) in [4.78, 5) is 43.9. The normalized spacial score (nSPS) is 17.3. The molecule has 4 rings (SSSR count). The number of pyridine rings is 1. The van der Waals surface area contributed by atoms with Gasteiger partial charge in [-0.05, 0) is 74.0 Å². The van der Waals surface area contributed by atoms with E-state index in [0.29, 0.717) is 5.56 Å². The maximum absolute atomic E-state index is 13.4. The molecule has 7 nitrogen and oxygen atoms in total. The number of Topliss-reactive ketones (excluding diaryl/α,β-unsaturated/α-hetero) is 1. The van der Waals surface area contributed by atoms with Crippen molar-refractivity contribution in [2.75, 3.05) is 4.90 Å². The second-order valence-corrected chi connectivity index (χ2v) is 7.96. The van der Waals surface area contributed by atoms with Gasteiger partial charge in [0.15, 0.2) is 0 Å². The second kappa shape index (κ2) is 9.27. The van der Waals surface area contributed by atoms with Crippen molar-refractivity contribution in [3.05, 3.63) is 101 Å². The third-order valence-corrected chi connectivity index (χ3v) is 5.29. The van der Waals surface area contributed by atoms with Crippen LogP contribution in [0.4, 0.5) is 10.1 Å². The van der Waals surface area contributed by atoms with Gasteiger partial charge in [-0.25, -0.2) is 9.18 Å². The van der Waals surface area contributed by atoms with Gasteiger partial charge in [0.2, 0.25) is 0 Å². The summed E-state index contributed by atoms with van der Waals surface area (Å²) < 4.78 is 18.6. The van der Waals surface area contributed by atoms with Crippen LogP contribution in [0, 0.1) is 5.82 Å². The SMILES string of the molecule is CC(C)OC(=O)c1cccc(N2C(=O)C(=O)/C(=C(/O)c3ccc(F)cc3)C2c2ccncc2)c1. The van der Waals surface area contributed by atoms with Gasteiger partial charge in [0.25, 0.3) is 11.7 Å². The third-order valence-electron chi connectivity index (χ3n) is 5.29. The number of halogens is 1. The number of amides is 1. The van der Waals surface area contributed by atoms with E-state index in [0.717, 1.165) is 12.1 Å². The number of carbonyl (C=O) groups is 3. The molecule has 2 aromatic carbocycles. The van der Waals surface area contributed by atoms with Gasteiger partial charge in [0.05, 0.1) is 23.3 Å². The van der Waals surface area contributed by atoms with Crippen LogP contribution in [0.1, 0.15) is 41.4 Å². The topological polar surface area (TPSA) is 96.8 Å². The highest BCUT2D eigenvalue weighted by Gasteiger charge is 2.47. The number of carbonyl (C=O) groups excluding carboxylic acids is 3. The molecule has 34 heavy (non-hydrogen) atoms. The van der Waals surface area contributed by atoms with Crippen molar-refractivity contribution in [3.8, 4) is 0 Å². The number of ether oxygens (including phenoxy) is 1. The van der Waals surface area contributed by atoms with E-state index < -0.39 is 35.3 Å². The van der Waals surface area contributed by atoms with Crippen LogP contribution in [-0.4, -0.2) is 33.9 Å². The van der Waals surface area contributed by atoms with Crippen LogP contribution >= 0.6 is 0 Å². The Labute approximate surface area is 195 Å². The molecule has 0 bridgehead atoms. The van der Waals surface area contributed by atoms with Gasteiger partial charge < -0.3 is 9.84 Å². The molecule has 1 amide bonds.